The third-order valence-electron chi connectivity index (χ3n) is 1.82. The van der Waals surface area contributed by atoms with E-state index in [1.54, 1.807) is 12.1 Å². The van der Waals surface area contributed by atoms with E-state index in [9.17, 15) is 9.18 Å². The van der Waals surface area contributed by atoms with Gasteiger partial charge in [-0.15, -0.1) is 0 Å². The minimum absolute atomic E-state index is 0.0375. The van der Waals surface area contributed by atoms with Gasteiger partial charge in [-0.3, -0.25) is 4.79 Å². The number of hydrogen-bond acceptors (Lipinski definition) is 2. The smallest absolute Gasteiger partial charge is 0.138 e. The highest BCUT2D eigenvalue weighted by atomic mass is 79.9. The molecular weight excluding hydrogens is 249 g/mol. The highest BCUT2D eigenvalue weighted by Crippen LogP contribution is 2.16. The molecule has 0 atom stereocenters. The summed E-state index contributed by atoms with van der Waals surface area (Å²) in [5.74, 6) is -0.386. The second kappa shape index (κ2) is 5.22. The van der Waals surface area contributed by atoms with Crippen LogP contribution < -0.4 is 5.73 Å². The molecule has 4 heteroatoms. The van der Waals surface area contributed by atoms with E-state index >= 15 is 0 Å². The molecule has 0 spiro atoms. The number of hydrogen-bond donors (Lipinski definition) is 1. The molecule has 2 N–H and O–H groups in total. The standard InChI is InChI=1S/C10H11BrFNO/c11-8-1-2-10(12)7(5-8)6-9(14)3-4-13/h1-2,5H,3-4,6,13H2. The highest BCUT2D eigenvalue weighted by molar-refractivity contribution is 9.10. The molecule has 2 nitrogen and oxygen atoms in total. The number of carbonyl (C=O) groups is 1. The van der Waals surface area contributed by atoms with Crippen molar-refractivity contribution < 1.29 is 9.18 Å². The summed E-state index contributed by atoms with van der Waals surface area (Å²) in [5.41, 5.74) is 5.64. The Labute approximate surface area is 90.4 Å². The van der Waals surface area contributed by atoms with E-state index in [2.05, 4.69) is 15.9 Å². The highest BCUT2D eigenvalue weighted by Gasteiger charge is 2.07. The second-order valence-electron chi connectivity index (χ2n) is 2.99. The number of halogens is 2. The van der Waals surface area contributed by atoms with Gasteiger partial charge in [0.05, 0.1) is 0 Å². The van der Waals surface area contributed by atoms with Gasteiger partial charge in [-0.2, -0.15) is 0 Å². The fraction of sp³-hybridized carbons (Fsp3) is 0.300. The van der Waals surface area contributed by atoms with Crippen LogP contribution in [0, 0.1) is 5.82 Å². The zero-order valence-electron chi connectivity index (χ0n) is 7.59. The van der Waals surface area contributed by atoms with Gasteiger partial charge in [-0.25, -0.2) is 4.39 Å². The van der Waals surface area contributed by atoms with Crippen LogP contribution in [-0.4, -0.2) is 12.3 Å². The summed E-state index contributed by atoms with van der Waals surface area (Å²) >= 11 is 3.22. The monoisotopic (exact) mass is 259 g/mol. The average Bonchev–Trinajstić information content (AvgIpc) is 2.12. The number of benzene rings is 1. The first-order valence-corrected chi connectivity index (χ1v) is 5.08. The zero-order chi connectivity index (χ0) is 10.6. The number of Topliss-reactive ketones (excluding diaryl/α,β-unsaturated/α-hetero) is 1. The third kappa shape index (κ3) is 3.20. The molecule has 0 bridgehead atoms. The minimum Gasteiger partial charge on any atom is -0.330 e. The molecule has 14 heavy (non-hydrogen) atoms. The van der Waals surface area contributed by atoms with Crippen molar-refractivity contribution in [2.75, 3.05) is 6.54 Å². The molecule has 0 heterocycles. The Morgan fingerprint density at radius 3 is 2.86 bits per heavy atom. The molecule has 1 aromatic carbocycles. The number of rotatable bonds is 4. The van der Waals surface area contributed by atoms with E-state index in [1.807, 2.05) is 0 Å². The Kier molecular flexibility index (Phi) is 4.22. The summed E-state index contributed by atoms with van der Waals surface area (Å²) in [6.07, 6.45) is 0.411. The normalized spacial score (nSPS) is 10.2. The fourth-order valence-corrected chi connectivity index (χ4v) is 1.55. The van der Waals surface area contributed by atoms with Crippen molar-refractivity contribution in [3.8, 4) is 0 Å². The number of nitrogens with two attached hydrogens (primary N) is 1. The lowest BCUT2D eigenvalue weighted by atomic mass is 10.1. The largest absolute Gasteiger partial charge is 0.330 e. The van der Waals surface area contributed by atoms with Crippen molar-refractivity contribution in [3.05, 3.63) is 34.1 Å². The van der Waals surface area contributed by atoms with Gasteiger partial charge in [-0.1, -0.05) is 15.9 Å². The Bertz CT molecular complexity index is 341. The van der Waals surface area contributed by atoms with Crippen molar-refractivity contribution in [3.63, 3.8) is 0 Å². The molecule has 0 saturated carbocycles. The van der Waals surface area contributed by atoms with Crippen LogP contribution in [0.5, 0.6) is 0 Å². The van der Waals surface area contributed by atoms with Crippen molar-refractivity contribution in [1.82, 2.24) is 0 Å². The van der Waals surface area contributed by atoms with Crippen LogP contribution in [-0.2, 0) is 11.2 Å². The molecule has 0 aliphatic heterocycles. The molecular formula is C10H11BrFNO. The van der Waals surface area contributed by atoms with Gasteiger partial charge < -0.3 is 5.73 Å². The van der Waals surface area contributed by atoms with Gasteiger partial charge in [0.2, 0.25) is 0 Å². The first-order valence-electron chi connectivity index (χ1n) is 4.29. The van der Waals surface area contributed by atoms with Crippen LogP contribution in [0.1, 0.15) is 12.0 Å². The van der Waals surface area contributed by atoms with E-state index in [-0.39, 0.29) is 18.0 Å². The molecule has 0 unspecified atom stereocenters. The van der Waals surface area contributed by atoms with Gasteiger partial charge in [-0.05, 0) is 30.3 Å². The third-order valence-corrected chi connectivity index (χ3v) is 2.31. The molecule has 0 aliphatic carbocycles. The summed E-state index contributed by atoms with van der Waals surface area (Å²) in [5, 5.41) is 0. The van der Waals surface area contributed by atoms with Crippen LogP contribution in [0.15, 0.2) is 22.7 Å². The topological polar surface area (TPSA) is 43.1 Å². The molecule has 0 aliphatic rings. The Balaban J connectivity index is 2.75. The fourth-order valence-electron chi connectivity index (χ4n) is 1.14. The van der Waals surface area contributed by atoms with Crippen molar-refractivity contribution >= 4 is 21.7 Å². The molecule has 1 aromatic rings. The maximum Gasteiger partial charge on any atom is 0.138 e. The Hall–Kier alpha value is -0.740. The van der Waals surface area contributed by atoms with E-state index in [1.165, 1.54) is 6.07 Å². The van der Waals surface area contributed by atoms with Gasteiger partial charge in [0.1, 0.15) is 11.6 Å². The van der Waals surface area contributed by atoms with Crippen molar-refractivity contribution in [2.45, 2.75) is 12.8 Å². The lowest BCUT2D eigenvalue weighted by molar-refractivity contribution is -0.118. The second-order valence-corrected chi connectivity index (χ2v) is 3.91. The molecule has 0 amide bonds. The Morgan fingerprint density at radius 2 is 2.21 bits per heavy atom. The van der Waals surface area contributed by atoms with Crippen LogP contribution in [0.4, 0.5) is 4.39 Å². The van der Waals surface area contributed by atoms with Crippen molar-refractivity contribution in [2.24, 2.45) is 5.73 Å². The van der Waals surface area contributed by atoms with E-state index in [4.69, 9.17) is 5.73 Å². The summed E-state index contributed by atoms with van der Waals surface area (Å²) in [6, 6.07) is 4.56. The number of ketones is 1. The van der Waals surface area contributed by atoms with Crippen LogP contribution in [0.25, 0.3) is 0 Å². The molecule has 0 fully saturated rings. The molecule has 1 rings (SSSR count). The summed E-state index contributed by atoms with van der Waals surface area (Å²) in [6.45, 7) is 0.314. The first-order chi connectivity index (χ1) is 6.63. The summed E-state index contributed by atoms with van der Waals surface area (Å²) < 4.78 is 13.9. The number of carbonyl (C=O) groups excluding carboxylic acids is 1. The van der Waals surface area contributed by atoms with Crippen LogP contribution >= 0.6 is 15.9 Å². The van der Waals surface area contributed by atoms with Gasteiger partial charge in [0, 0.05) is 17.3 Å². The SMILES string of the molecule is NCCC(=O)Cc1cc(Br)ccc1F. The van der Waals surface area contributed by atoms with Crippen LogP contribution in [0.3, 0.4) is 0 Å². The lowest BCUT2D eigenvalue weighted by Gasteiger charge is -2.02. The Morgan fingerprint density at radius 1 is 1.50 bits per heavy atom. The van der Waals surface area contributed by atoms with Gasteiger partial charge in [0.15, 0.2) is 0 Å². The molecule has 76 valence electrons. The predicted molar refractivity (Wildman–Crippen MR) is 56.5 cm³/mol. The average molecular weight is 260 g/mol. The van der Waals surface area contributed by atoms with Crippen molar-refractivity contribution in [1.29, 1.82) is 0 Å². The van der Waals surface area contributed by atoms with Crippen LogP contribution in [0.2, 0.25) is 0 Å². The maximum atomic E-state index is 13.2. The van der Waals surface area contributed by atoms with E-state index in [0.717, 1.165) is 4.47 Å². The summed E-state index contributed by atoms with van der Waals surface area (Å²) in [7, 11) is 0. The summed E-state index contributed by atoms with van der Waals surface area (Å²) in [4.78, 5) is 11.2. The lowest BCUT2D eigenvalue weighted by Crippen LogP contribution is -2.10. The zero-order valence-corrected chi connectivity index (χ0v) is 9.18. The van der Waals surface area contributed by atoms with E-state index in [0.29, 0.717) is 18.5 Å². The van der Waals surface area contributed by atoms with Gasteiger partial charge >= 0.3 is 0 Å². The van der Waals surface area contributed by atoms with Gasteiger partial charge in [0.25, 0.3) is 0 Å². The molecule has 0 radical (unpaired) electrons. The quantitative estimate of drug-likeness (QED) is 0.900. The maximum absolute atomic E-state index is 13.2. The first kappa shape index (κ1) is 11.3. The minimum atomic E-state index is -0.349. The van der Waals surface area contributed by atoms with E-state index < -0.39 is 0 Å². The molecule has 0 aromatic heterocycles. The predicted octanol–water partition coefficient (Wildman–Crippen LogP) is 2.05. The molecule has 0 saturated heterocycles.